The molecule has 8 heteroatoms. The van der Waals surface area contributed by atoms with E-state index in [9.17, 15) is 9.59 Å². The van der Waals surface area contributed by atoms with Crippen molar-refractivity contribution in [3.05, 3.63) is 28.0 Å². The van der Waals surface area contributed by atoms with Gasteiger partial charge >= 0.3 is 5.97 Å². The van der Waals surface area contributed by atoms with Gasteiger partial charge in [-0.15, -0.1) is 0 Å². The lowest BCUT2D eigenvalue weighted by atomic mass is 10.2. The maximum atomic E-state index is 11.6. The number of hydrogen-bond donors (Lipinski definition) is 3. The third kappa shape index (κ3) is 4.14. The zero-order chi connectivity index (χ0) is 13.7. The van der Waals surface area contributed by atoms with Gasteiger partial charge in [-0.1, -0.05) is 23.2 Å². The smallest absolute Gasteiger partial charge is 0.332 e. The Kier molecular flexibility index (Phi) is 5.33. The third-order valence-corrected chi connectivity index (χ3v) is 2.53. The molecule has 0 bridgehead atoms. The molecule has 0 radical (unpaired) electrons. The second-order valence-electron chi connectivity index (χ2n) is 3.36. The van der Waals surface area contributed by atoms with Gasteiger partial charge in [0, 0.05) is 13.0 Å². The van der Waals surface area contributed by atoms with Crippen LogP contribution < -0.4 is 5.32 Å². The van der Waals surface area contributed by atoms with E-state index in [0.717, 1.165) is 0 Å². The summed E-state index contributed by atoms with van der Waals surface area (Å²) in [4.78, 5) is 25.7. The zero-order valence-electron chi connectivity index (χ0n) is 9.06. The summed E-state index contributed by atoms with van der Waals surface area (Å²) in [5.41, 5.74) is -0.0472. The Bertz CT molecular complexity index is 467. The van der Waals surface area contributed by atoms with E-state index in [1.165, 1.54) is 12.1 Å². The largest absolute Gasteiger partial charge is 0.479 e. The molecule has 6 nitrogen and oxygen atoms in total. The van der Waals surface area contributed by atoms with Crippen molar-refractivity contribution in [3.63, 3.8) is 0 Å². The summed E-state index contributed by atoms with van der Waals surface area (Å²) in [5.74, 6) is -1.93. The summed E-state index contributed by atoms with van der Waals surface area (Å²) >= 11 is 11.4. The summed E-state index contributed by atoms with van der Waals surface area (Å²) in [6.07, 6.45) is -1.63. The van der Waals surface area contributed by atoms with Gasteiger partial charge < -0.3 is 15.5 Å². The molecule has 0 saturated heterocycles. The molecule has 1 aromatic heterocycles. The van der Waals surface area contributed by atoms with Crippen LogP contribution >= 0.6 is 23.2 Å². The number of pyridine rings is 1. The van der Waals surface area contributed by atoms with Crippen LogP contribution in [-0.4, -0.2) is 39.7 Å². The van der Waals surface area contributed by atoms with E-state index in [2.05, 4.69) is 10.3 Å². The molecule has 1 amide bonds. The SMILES string of the molecule is O=C(NCC[C@H](O)C(=O)O)c1nc(Cl)ccc1Cl. The first-order chi connectivity index (χ1) is 8.41. The highest BCUT2D eigenvalue weighted by molar-refractivity contribution is 6.34. The highest BCUT2D eigenvalue weighted by atomic mass is 35.5. The Balaban J connectivity index is 2.55. The minimum atomic E-state index is -1.52. The number of aromatic nitrogens is 1. The number of amides is 1. The van der Waals surface area contributed by atoms with E-state index in [1.54, 1.807) is 0 Å². The van der Waals surface area contributed by atoms with Crippen LogP contribution in [0.25, 0.3) is 0 Å². The minimum absolute atomic E-state index is 0.0170. The number of hydrogen-bond acceptors (Lipinski definition) is 4. The van der Waals surface area contributed by atoms with Crippen LogP contribution in [0.3, 0.4) is 0 Å². The Morgan fingerprint density at radius 1 is 1.39 bits per heavy atom. The predicted octanol–water partition coefficient (Wildman–Crippen LogP) is 0.954. The van der Waals surface area contributed by atoms with Gasteiger partial charge in [0.05, 0.1) is 5.02 Å². The number of halogens is 2. The Labute approximate surface area is 113 Å². The van der Waals surface area contributed by atoms with Gasteiger partial charge in [0.2, 0.25) is 0 Å². The first-order valence-electron chi connectivity index (χ1n) is 4.93. The van der Waals surface area contributed by atoms with Gasteiger partial charge in [0.1, 0.15) is 10.8 Å². The molecule has 1 aromatic rings. The van der Waals surface area contributed by atoms with Crippen LogP contribution in [0.1, 0.15) is 16.9 Å². The molecule has 0 spiro atoms. The maximum absolute atomic E-state index is 11.6. The average molecular weight is 293 g/mol. The molecule has 1 rings (SSSR count). The number of aliphatic carboxylic acids is 1. The fourth-order valence-electron chi connectivity index (χ4n) is 1.11. The molecule has 0 unspecified atom stereocenters. The van der Waals surface area contributed by atoms with E-state index in [4.69, 9.17) is 33.4 Å². The van der Waals surface area contributed by atoms with Crippen LogP contribution in [0.15, 0.2) is 12.1 Å². The average Bonchev–Trinajstić information content (AvgIpc) is 2.31. The van der Waals surface area contributed by atoms with Crippen molar-refractivity contribution in [1.29, 1.82) is 0 Å². The van der Waals surface area contributed by atoms with Gasteiger partial charge in [-0.2, -0.15) is 0 Å². The van der Waals surface area contributed by atoms with Crippen molar-refractivity contribution in [3.8, 4) is 0 Å². The maximum Gasteiger partial charge on any atom is 0.332 e. The molecular weight excluding hydrogens is 283 g/mol. The topological polar surface area (TPSA) is 99.5 Å². The normalized spacial score (nSPS) is 11.9. The van der Waals surface area contributed by atoms with Gasteiger partial charge in [0.25, 0.3) is 5.91 Å². The molecule has 0 aliphatic carbocycles. The Morgan fingerprint density at radius 2 is 2.06 bits per heavy atom. The highest BCUT2D eigenvalue weighted by Crippen LogP contribution is 2.16. The number of carbonyl (C=O) groups is 2. The van der Waals surface area contributed by atoms with Crippen LogP contribution in [-0.2, 0) is 4.79 Å². The number of carbonyl (C=O) groups excluding carboxylic acids is 1. The summed E-state index contributed by atoms with van der Waals surface area (Å²) in [5, 5.41) is 20.1. The van der Waals surface area contributed by atoms with Crippen LogP contribution in [0.5, 0.6) is 0 Å². The van der Waals surface area contributed by atoms with E-state index in [-0.39, 0.29) is 28.8 Å². The lowest BCUT2D eigenvalue weighted by Crippen LogP contribution is -2.30. The van der Waals surface area contributed by atoms with Crippen molar-refractivity contribution in [2.75, 3.05) is 6.54 Å². The van der Waals surface area contributed by atoms with Crippen molar-refractivity contribution in [2.45, 2.75) is 12.5 Å². The number of nitrogens with zero attached hydrogens (tertiary/aromatic N) is 1. The molecule has 0 aromatic carbocycles. The number of carboxylic acids is 1. The molecule has 3 N–H and O–H groups in total. The number of aliphatic hydroxyl groups is 1. The summed E-state index contributed by atoms with van der Waals surface area (Å²) in [7, 11) is 0. The fraction of sp³-hybridized carbons (Fsp3) is 0.300. The number of aliphatic hydroxyl groups excluding tert-OH is 1. The molecule has 0 aliphatic heterocycles. The standard InChI is InChI=1S/C10H10Cl2N2O4/c11-5-1-2-7(12)14-8(5)9(16)13-4-3-6(15)10(17)18/h1-2,6,15H,3-4H2,(H,13,16)(H,17,18)/t6-/m0/s1. The number of nitrogens with one attached hydrogen (secondary N) is 1. The van der Waals surface area contributed by atoms with Crippen molar-refractivity contribution in [1.82, 2.24) is 10.3 Å². The molecule has 0 aliphatic rings. The van der Waals surface area contributed by atoms with Crippen molar-refractivity contribution >= 4 is 35.1 Å². The van der Waals surface area contributed by atoms with Gasteiger partial charge in [-0.25, -0.2) is 9.78 Å². The molecular formula is C10H10Cl2N2O4. The van der Waals surface area contributed by atoms with E-state index in [0.29, 0.717) is 0 Å². The number of carboxylic acid groups (broad SMARTS) is 1. The molecule has 1 atom stereocenters. The van der Waals surface area contributed by atoms with E-state index < -0.39 is 18.0 Å². The lowest BCUT2D eigenvalue weighted by molar-refractivity contribution is -0.146. The summed E-state index contributed by atoms with van der Waals surface area (Å²) in [6.45, 7) is -0.0170. The number of rotatable bonds is 5. The highest BCUT2D eigenvalue weighted by Gasteiger charge is 2.15. The third-order valence-electron chi connectivity index (χ3n) is 2.02. The second-order valence-corrected chi connectivity index (χ2v) is 4.16. The van der Waals surface area contributed by atoms with Crippen LogP contribution in [0, 0.1) is 0 Å². The minimum Gasteiger partial charge on any atom is -0.479 e. The Hall–Kier alpha value is -1.37. The molecule has 0 fully saturated rings. The summed E-state index contributed by atoms with van der Waals surface area (Å²) in [6, 6.07) is 2.87. The monoisotopic (exact) mass is 292 g/mol. The van der Waals surface area contributed by atoms with Crippen molar-refractivity contribution in [2.24, 2.45) is 0 Å². The van der Waals surface area contributed by atoms with E-state index >= 15 is 0 Å². The fourth-order valence-corrected chi connectivity index (χ4v) is 1.45. The van der Waals surface area contributed by atoms with Crippen molar-refractivity contribution < 1.29 is 19.8 Å². The first-order valence-corrected chi connectivity index (χ1v) is 5.68. The van der Waals surface area contributed by atoms with E-state index in [1.807, 2.05) is 0 Å². The molecule has 98 valence electrons. The first kappa shape index (κ1) is 14.7. The zero-order valence-corrected chi connectivity index (χ0v) is 10.6. The van der Waals surface area contributed by atoms with Gasteiger partial charge in [-0.05, 0) is 12.1 Å². The molecule has 18 heavy (non-hydrogen) atoms. The van der Waals surface area contributed by atoms with Gasteiger partial charge in [-0.3, -0.25) is 4.79 Å². The van der Waals surface area contributed by atoms with Gasteiger partial charge in [0.15, 0.2) is 6.10 Å². The predicted molar refractivity (Wildman–Crippen MR) is 64.8 cm³/mol. The Morgan fingerprint density at radius 3 is 2.67 bits per heavy atom. The van der Waals surface area contributed by atoms with Crippen LogP contribution in [0.4, 0.5) is 0 Å². The van der Waals surface area contributed by atoms with Crippen LogP contribution in [0.2, 0.25) is 10.2 Å². The quantitative estimate of drug-likeness (QED) is 0.702. The molecule has 0 saturated carbocycles. The summed E-state index contributed by atoms with van der Waals surface area (Å²) < 4.78 is 0. The second kappa shape index (κ2) is 6.53. The molecule has 1 heterocycles. The lowest BCUT2D eigenvalue weighted by Gasteiger charge is -2.08.